The zero-order valence-electron chi connectivity index (χ0n) is 10.6. The number of hydrogen-bond donors (Lipinski definition) is 1. The molecule has 0 spiro atoms. The molecule has 0 aliphatic heterocycles. The fourth-order valence-electron chi connectivity index (χ4n) is 1.79. The average molecular weight is 279 g/mol. The second kappa shape index (κ2) is 6.83. The molecule has 0 amide bonds. The van der Waals surface area contributed by atoms with Gasteiger partial charge in [-0.2, -0.15) is 0 Å². The molecule has 1 N–H and O–H groups in total. The topological polar surface area (TPSA) is 21.3 Å². The smallest absolute Gasteiger partial charge is 0.123 e. The minimum atomic E-state index is 0.299. The highest BCUT2D eigenvalue weighted by Crippen LogP contribution is 2.31. The summed E-state index contributed by atoms with van der Waals surface area (Å²) in [7, 11) is 3.71. The summed E-state index contributed by atoms with van der Waals surface area (Å²) >= 11 is 3.66. The number of nitrogens with one attached hydrogen (secondary N) is 1. The Labute approximate surface area is 116 Å². The van der Waals surface area contributed by atoms with Gasteiger partial charge in [0.2, 0.25) is 0 Å². The van der Waals surface area contributed by atoms with E-state index in [9.17, 15) is 0 Å². The number of hydrogen-bond acceptors (Lipinski definition) is 4. The van der Waals surface area contributed by atoms with Gasteiger partial charge in [-0.1, -0.05) is 24.3 Å². The summed E-state index contributed by atoms with van der Waals surface area (Å²) in [5, 5.41) is 5.47. The Morgan fingerprint density at radius 2 is 2.11 bits per heavy atom. The van der Waals surface area contributed by atoms with Crippen LogP contribution in [0.25, 0.3) is 0 Å². The summed E-state index contributed by atoms with van der Waals surface area (Å²) in [6.45, 7) is 0. The summed E-state index contributed by atoms with van der Waals surface area (Å²) < 4.78 is 6.77. The number of ether oxygens (including phenoxy) is 1. The minimum absolute atomic E-state index is 0.299. The van der Waals surface area contributed by atoms with E-state index in [1.165, 1.54) is 9.77 Å². The van der Waals surface area contributed by atoms with E-state index in [-0.39, 0.29) is 0 Å². The first-order valence-corrected chi connectivity index (χ1v) is 7.68. The van der Waals surface area contributed by atoms with E-state index in [2.05, 4.69) is 35.0 Å². The van der Waals surface area contributed by atoms with Crippen LogP contribution >= 0.6 is 23.1 Å². The van der Waals surface area contributed by atoms with Crippen LogP contribution < -0.4 is 10.1 Å². The minimum Gasteiger partial charge on any atom is -0.496 e. The van der Waals surface area contributed by atoms with Crippen LogP contribution in [-0.4, -0.2) is 19.9 Å². The van der Waals surface area contributed by atoms with Crippen LogP contribution in [0.5, 0.6) is 5.75 Å². The normalized spacial score (nSPS) is 12.3. The van der Waals surface area contributed by atoms with Gasteiger partial charge in [0.25, 0.3) is 0 Å². The molecule has 0 saturated heterocycles. The molecule has 2 nitrogen and oxygen atoms in total. The molecule has 1 heterocycles. The third-order valence-corrected chi connectivity index (χ3v) is 4.97. The zero-order valence-corrected chi connectivity index (χ0v) is 12.2. The van der Waals surface area contributed by atoms with Crippen molar-refractivity contribution in [3.63, 3.8) is 0 Å². The lowest BCUT2D eigenvalue weighted by atomic mass is 10.1. The van der Waals surface area contributed by atoms with Crippen molar-refractivity contribution < 1.29 is 4.74 Å². The van der Waals surface area contributed by atoms with E-state index in [4.69, 9.17) is 4.74 Å². The van der Waals surface area contributed by atoms with Crippen LogP contribution in [0.4, 0.5) is 0 Å². The molecule has 0 bridgehead atoms. The Bertz CT molecular complexity index is 470. The Morgan fingerprint density at radius 1 is 1.28 bits per heavy atom. The number of thioether (sulfide) groups is 1. The molecule has 96 valence electrons. The van der Waals surface area contributed by atoms with Gasteiger partial charge in [0, 0.05) is 17.4 Å². The number of benzene rings is 1. The van der Waals surface area contributed by atoms with Crippen LogP contribution in [0.2, 0.25) is 0 Å². The van der Waals surface area contributed by atoms with Crippen molar-refractivity contribution in [1.29, 1.82) is 0 Å². The van der Waals surface area contributed by atoms with E-state index in [1.807, 2.05) is 30.9 Å². The summed E-state index contributed by atoms with van der Waals surface area (Å²) in [6.07, 6.45) is 0. The molecule has 1 aromatic heterocycles. The van der Waals surface area contributed by atoms with Crippen molar-refractivity contribution in [1.82, 2.24) is 5.32 Å². The van der Waals surface area contributed by atoms with Gasteiger partial charge >= 0.3 is 0 Å². The molecule has 0 radical (unpaired) electrons. The molecule has 2 rings (SSSR count). The van der Waals surface area contributed by atoms with Crippen molar-refractivity contribution in [3.8, 4) is 5.75 Å². The van der Waals surface area contributed by atoms with E-state index in [0.717, 1.165) is 11.5 Å². The summed E-state index contributed by atoms with van der Waals surface area (Å²) in [4.78, 5) is 0. The number of rotatable bonds is 6. The van der Waals surface area contributed by atoms with E-state index in [0.29, 0.717) is 6.04 Å². The molecule has 4 heteroatoms. The highest BCUT2D eigenvalue weighted by Gasteiger charge is 2.14. The maximum Gasteiger partial charge on any atom is 0.123 e. The van der Waals surface area contributed by atoms with Gasteiger partial charge < -0.3 is 10.1 Å². The highest BCUT2D eigenvalue weighted by atomic mass is 32.2. The molecule has 1 unspecified atom stereocenters. The van der Waals surface area contributed by atoms with Gasteiger partial charge in [-0.25, -0.2) is 0 Å². The molecule has 0 aliphatic carbocycles. The molecule has 18 heavy (non-hydrogen) atoms. The molecular formula is C14H17NOS2. The Balaban J connectivity index is 2.08. The van der Waals surface area contributed by atoms with Crippen molar-refractivity contribution in [2.45, 2.75) is 10.3 Å². The van der Waals surface area contributed by atoms with Crippen molar-refractivity contribution in [3.05, 3.63) is 47.3 Å². The summed E-state index contributed by atoms with van der Waals surface area (Å²) in [6, 6.07) is 12.7. The molecule has 0 saturated carbocycles. The van der Waals surface area contributed by atoms with Crippen LogP contribution in [0.3, 0.4) is 0 Å². The number of methoxy groups -OCH3 is 1. The first-order chi connectivity index (χ1) is 8.85. The first kappa shape index (κ1) is 13.5. The Morgan fingerprint density at radius 3 is 2.78 bits per heavy atom. The maximum atomic E-state index is 5.42. The molecular weight excluding hydrogens is 262 g/mol. The van der Waals surface area contributed by atoms with Crippen molar-refractivity contribution >= 4 is 23.1 Å². The lowest BCUT2D eigenvalue weighted by Crippen LogP contribution is -2.19. The quantitative estimate of drug-likeness (QED) is 0.813. The zero-order chi connectivity index (χ0) is 12.8. The maximum absolute atomic E-state index is 5.42. The fraction of sp³-hybridized carbons (Fsp3) is 0.286. The number of para-hydroxylation sites is 1. The van der Waals surface area contributed by atoms with Gasteiger partial charge in [-0.15, -0.1) is 23.1 Å². The van der Waals surface area contributed by atoms with Crippen LogP contribution in [0, 0.1) is 0 Å². The predicted molar refractivity (Wildman–Crippen MR) is 79.8 cm³/mol. The lowest BCUT2D eigenvalue weighted by Gasteiger charge is -2.18. The van der Waals surface area contributed by atoms with Gasteiger partial charge in [0.15, 0.2) is 0 Å². The van der Waals surface area contributed by atoms with E-state index >= 15 is 0 Å². The third kappa shape index (κ3) is 3.28. The van der Waals surface area contributed by atoms with Crippen molar-refractivity contribution in [2.24, 2.45) is 0 Å². The monoisotopic (exact) mass is 279 g/mol. The standard InChI is InChI=1S/C14H17NOS2/c1-15-12(10-18-14-8-5-9-17-14)11-6-3-4-7-13(11)16-2/h3-9,12,15H,10H2,1-2H3. The average Bonchev–Trinajstić information content (AvgIpc) is 2.93. The molecule has 0 aliphatic rings. The summed E-state index contributed by atoms with van der Waals surface area (Å²) in [5.41, 5.74) is 1.21. The van der Waals surface area contributed by atoms with Crippen LogP contribution in [-0.2, 0) is 0 Å². The van der Waals surface area contributed by atoms with Gasteiger partial charge in [0.1, 0.15) is 5.75 Å². The second-order valence-corrected chi connectivity index (χ2v) is 6.09. The molecule has 0 fully saturated rings. The van der Waals surface area contributed by atoms with Gasteiger partial charge in [0.05, 0.1) is 11.3 Å². The fourth-order valence-corrected chi connectivity index (χ4v) is 3.74. The highest BCUT2D eigenvalue weighted by molar-refractivity contribution is 8.01. The van der Waals surface area contributed by atoms with Gasteiger partial charge in [-0.05, 0) is 24.6 Å². The largest absolute Gasteiger partial charge is 0.496 e. The van der Waals surface area contributed by atoms with E-state index < -0.39 is 0 Å². The second-order valence-electron chi connectivity index (χ2n) is 3.83. The van der Waals surface area contributed by atoms with Gasteiger partial charge in [-0.3, -0.25) is 0 Å². The van der Waals surface area contributed by atoms with Crippen LogP contribution in [0.15, 0.2) is 46.0 Å². The van der Waals surface area contributed by atoms with Crippen LogP contribution in [0.1, 0.15) is 11.6 Å². The first-order valence-electron chi connectivity index (χ1n) is 5.81. The third-order valence-electron chi connectivity index (χ3n) is 2.75. The van der Waals surface area contributed by atoms with E-state index in [1.54, 1.807) is 18.4 Å². The molecule has 1 atom stereocenters. The Kier molecular flexibility index (Phi) is 5.11. The SMILES string of the molecule is CNC(CSc1cccs1)c1ccccc1OC. The Hall–Kier alpha value is -0.970. The molecule has 1 aromatic carbocycles. The lowest BCUT2D eigenvalue weighted by molar-refractivity contribution is 0.404. The number of thiophene rings is 1. The predicted octanol–water partition coefficient (Wildman–Crippen LogP) is 3.81. The summed E-state index contributed by atoms with van der Waals surface area (Å²) in [5.74, 6) is 1.95. The molecule has 2 aromatic rings. The van der Waals surface area contributed by atoms with Crippen molar-refractivity contribution in [2.75, 3.05) is 19.9 Å².